The minimum absolute atomic E-state index is 0.0178. The molecule has 1 unspecified atom stereocenters. The van der Waals surface area contributed by atoms with Crippen molar-refractivity contribution in [3.63, 3.8) is 0 Å². The van der Waals surface area contributed by atoms with Crippen molar-refractivity contribution in [1.29, 1.82) is 0 Å². The largest absolute Gasteiger partial charge is 0.342 e. The fourth-order valence-electron chi connectivity index (χ4n) is 4.86. The highest BCUT2D eigenvalue weighted by molar-refractivity contribution is 6.30. The number of carbonyl (C=O) groups is 2. The quantitative estimate of drug-likeness (QED) is 0.655. The lowest BCUT2D eigenvalue weighted by molar-refractivity contribution is -0.138. The van der Waals surface area contributed by atoms with Gasteiger partial charge >= 0.3 is 0 Å². The average Bonchev–Trinajstić information content (AvgIpc) is 3.28. The van der Waals surface area contributed by atoms with Gasteiger partial charge in [-0.3, -0.25) is 14.6 Å². The van der Waals surface area contributed by atoms with Crippen LogP contribution in [0.2, 0.25) is 5.02 Å². The Morgan fingerprint density at radius 1 is 1.06 bits per heavy atom. The lowest BCUT2D eigenvalue weighted by Gasteiger charge is -2.37. The van der Waals surface area contributed by atoms with Crippen LogP contribution in [0, 0.1) is 5.92 Å². The summed E-state index contributed by atoms with van der Waals surface area (Å²) < 4.78 is 0. The van der Waals surface area contributed by atoms with Gasteiger partial charge in [0.1, 0.15) is 5.82 Å². The molecule has 0 bridgehead atoms. The standard InChI is InChI=1S/C24H26ClN5O2/c25-19-5-1-3-17(13-19)24(32)29-11-7-16(8-12-29)23(31)30-10-2-4-18(15-30)22-27-20-6-9-26-14-21(20)28-22/h1,3,5-6,9,13-14,16,18H,2,4,7-8,10-12,15H2,(H,27,28). The maximum Gasteiger partial charge on any atom is 0.253 e. The highest BCUT2D eigenvalue weighted by Crippen LogP contribution is 2.29. The first-order valence-electron chi connectivity index (χ1n) is 11.2. The SMILES string of the molecule is O=C(c1cccc(Cl)c1)N1CCC(C(=O)N2CCCC(c3nc4ccncc4[nH]3)C2)CC1. The van der Waals surface area contributed by atoms with Crippen LogP contribution in [-0.4, -0.2) is 62.7 Å². The molecule has 0 radical (unpaired) electrons. The number of carbonyl (C=O) groups excluding carboxylic acids is 2. The molecule has 2 saturated heterocycles. The minimum atomic E-state index is -0.0305. The number of imidazole rings is 1. The lowest BCUT2D eigenvalue weighted by atomic mass is 9.91. The number of fused-ring (bicyclic) bond motifs is 1. The first kappa shape index (κ1) is 20.9. The molecule has 2 fully saturated rings. The molecule has 166 valence electrons. The summed E-state index contributed by atoms with van der Waals surface area (Å²) in [6.07, 6.45) is 6.91. The van der Waals surface area contributed by atoms with E-state index in [1.807, 2.05) is 15.9 Å². The average molecular weight is 452 g/mol. The maximum atomic E-state index is 13.3. The van der Waals surface area contributed by atoms with Crippen LogP contribution in [0.4, 0.5) is 0 Å². The fraction of sp³-hybridized carbons (Fsp3) is 0.417. The van der Waals surface area contributed by atoms with E-state index in [1.54, 1.807) is 36.7 Å². The van der Waals surface area contributed by atoms with Gasteiger partial charge in [0, 0.05) is 54.8 Å². The zero-order valence-corrected chi connectivity index (χ0v) is 18.6. The van der Waals surface area contributed by atoms with E-state index in [0.717, 1.165) is 36.2 Å². The molecular formula is C24H26ClN5O2. The van der Waals surface area contributed by atoms with Crippen molar-refractivity contribution in [1.82, 2.24) is 24.8 Å². The topological polar surface area (TPSA) is 82.2 Å². The molecule has 4 heterocycles. The van der Waals surface area contributed by atoms with Gasteiger partial charge in [0.05, 0.1) is 17.2 Å². The van der Waals surface area contributed by atoms with Gasteiger partial charge in [0.15, 0.2) is 0 Å². The first-order valence-corrected chi connectivity index (χ1v) is 11.6. The molecular weight excluding hydrogens is 426 g/mol. The normalized spacial score (nSPS) is 20.0. The molecule has 2 amide bonds. The van der Waals surface area contributed by atoms with Crippen molar-refractivity contribution in [2.45, 2.75) is 31.6 Å². The van der Waals surface area contributed by atoms with Crippen LogP contribution in [0.15, 0.2) is 42.7 Å². The van der Waals surface area contributed by atoms with E-state index in [2.05, 4.69) is 9.97 Å². The molecule has 0 spiro atoms. The van der Waals surface area contributed by atoms with E-state index >= 15 is 0 Å². The molecule has 3 aromatic rings. The van der Waals surface area contributed by atoms with Crippen molar-refractivity contribution >= 4 is 34.4 Å². The van der Waals surface area contributed by atoms with Gasteiger partial charge < -0.3 is 14.8 Å². The Kier molecular flexibility index (Phi) is 5.83. The van der Waals surface area contributed by atoms with Gasteiger partial charge in [-0.05, 0) is 49.9 Å². The number of rotatable bonds is 3. The molecule has 1 N–H and O–H groups in total. The lowest BCUT2D eigenvalue weighted by Crippen LogP contribution is -2.47. The fourth-order valence-corrected chi connectivity index (χ4v) is 5.05. The Hall–Kier alpha value is -2.93. The van der Waals surface area contributed by atoms with Crippen molar-refractivity contribution in [3.05, 3.63) is 59.1 Å². The molecule has 0 saturated carbocycles. The number of likely N-dealkylation sites (tertiary alicyclic amines) is 2. The molecule has 0 aliphatic carbocycles. The van der Waals surface area contributed by atoms with E-state index in [0.29, 0.717) is 43.1 Å². The van der Waals surface area contributed by atoms with E-state index in [-0.39, 0.29) is 23.7 Å². The first-order chi connectivity index (χ1) is 15.6. The Morgan fingerprint density at radius 2 is 1.91 bits per heavy atom. The second kappa shape index (κ2) is 8.90. The van der Waals surface area contributed by atoms with Gasteiger partial charge in [-0.25, -0.2) is 4.98 Å². The van der Waals surface area contributed by atoms with Gasteiger partial charge in [0.2, 0.25) is 5.91 Å². The maximum absolute atomic E-state index is 13.3. The molecule has 5 rings (SSSR count). The zero-order chi connectivity index (χ0) is 22.1. The zero-order valence-electron chi connectivity index (χ0n) is 17.8. The summed E-state index contributed by atoms with van der Waals surface area (Å²) in [4.78, 5) is 42.1. The number of H-pyrrole nitrogens is 1. The van der Waals surface area contributed by atoms with E-state index in [4.69, 9.17) is 16.6 Å². The van der Waals surface area contributed by atoms with Crippen LogP contribution in [0.25, 0.3) is 11.0 Å². The smallest absolute Gasteiger partial charge is 0.253 e. The molecule has 32 heavy (non-hydrogen) atoms. The summed E-state index contributed by atoms with van der Waals surface area (Å²) in [5.41, 5.74) is 2.44. The number of aromatic amines is 1. The predicted molar refractivity (Wildman–Crippen MR) is 123 cm³/mol. The molecule has 7 nitrogen and oxygen atoms in total. The molecule has 2 aliphatic rings. The van der Waals surface area contributed by atoms with Gasteiger partial charge in [0.25, 0.3) is 5.91 Å². The van der Waals surface area contributed by atoms with E-state index in [1.165, 1.54) is 0 Å². The molecule has 8 heteroatoms. The number of pyridine rings is 1. The second-order valence-corrected chi connectivity index (χ2v) is 9.15. The summed E-state index contributed by atoms with van der Waals surface area (Å²) in [6, 6.07) is 8.94. The van der Waals surface area contributed by atoms with Crippen molar-refractivity contribution < 1.29 is 9.59 Å². The van der Waals surface area contributed by atoms with Crippen LogP contribution in [0.5, 0.6) is 0 Å². The number of aromatic nitrogens is 3. The summed E-state index contributed by atoms with van der Waals surface area (Å²) in [5, 5.41) is 0.557. The monoisotopic (exact) mass is 451 g/mol. The van der Waals surface area contributed by atoms with Crippen LogP contribution >= 0.6 is 11.6 Å². The van der Waals surface area contributed by atoms with E-state index < -0.39 is 0 Å². The number of amides is 2. The second-order valence-electron chi connectivity index (χ2n) is 8.72. The van der Waals surface area contributed by atoms with Gasteiger partial charge in [-0.15, -0.1) is 0 Å². The summed E-state index contributed by atoms with van der Waals surface area (Å²) in [7, 11) is 0. The summed E-state index contributed by atoms with van der Waals surface area (Å²) in [6.45, 7) is 2.66. The highest BCUT2D eigenvalue weighted by Gasteiger charge is 2.33. The van der Waals surface area contributed by atoms with Crippen LogP contribution in [0.3, 0.4) is 0 Å². The summed E-state index contributed by atoms with van der Waals surface area (Å²) >= 11 is 6.03. The number of hydrogen-bond donors (Lipinski definition) is 1. The molecule has 1 atom stereocenters. The van der Waals surface area contributed by atoms with Crippen molar-refractivity contribution in [2.24, 2.45) is 5.92 Å². The number of piperidine rings is 2. The van der Waals surface area contributed by atoms with Gasteiger partial charge in [-0.1, -0.05) is 17.7 Å². The highest BCUT2D eigenvalue weighted by atomic mass is 35.5. The van der Waals surface area contributed by atoms with Crippen LogP contribution < -0.4 is 0 Å². The number of halogens is 1. The molecule has 1 aromatic carbocycles. The number of benzene rings is 1. The molecule has 2 aromatic heterocycles. The Balaban J connectivity index is 1.20. The number of nitrogens with one attached hydrogen (secondary N) is 1. The third-order valence-electron chi connectivity index (χ3n) is 6.62. The van der Waals surface area contributed by atoms with Crippen molar-refractivity contribution in [2.75, 3.05) is 26.2 Å². The Morgan fingerprint density at radius 3 is 2.69 bits per heavy atom. The van der Waals surface area contributed by atoms with E-state index in [9.17, 15) is 9.59 Å². The minimum Gasteiger partial charge on any atom is -0.342 e. The van der Waals surface area contributed by atoms with Gasteiger partial charge in [-0.2, -0.15) is 0 Å². The van der Waals surface area contributed by atoms with Crippen molar-refractivity contribution in [3.8, 4) is 0 Å². The van der Waals surface area contributed by atoms with Crippen LogP contribution in [-0.2, 0) is 4.79 Å². The third-order valence-corrected chi connectivity index (χ3v) is 6.86. The Bertz CT molecular complexity index is 1110. The summed E-state index contributed by atoms with van der Waals surface area (Å²) in [5.74, 6) is 1.31. The number of nitrogens with zero attached hydrogens (tertiary/aromatic N) is 4. The predicted octanol–water partition coefficient (Wildman–Crippen LogP) is 3.87. The Labute approximate surface area is 191 Å². The van der Waals surface area contributed by atoms with Crippen LogP contribution in [0.1, 0.15) is 47.8 Å². The number of hydrogen-bond acceptors (Lipinski definition) is 4. The molecule has 2 aliphatic heterocycles. The third kappa shape index (κ3) is 4.21.